The number of hydrogen-bond acceptors (Lipinski definition) is 1. The van der Waals surface area contributed by atoms with Gasteiger partial charge in [0.1, 0.15) is 0 Å². The number of likely N-dealkylation sites (tertiary alicyclic amines) is 1. The highest BCUT2D eigenvalue weighted by atomic mass is 31.1. The SMILES string of the molecule is C=CCP(CC=C)CC1CC(P(CC=C)CC=C)CN1C(N)=O. The molecule has 1 fully saturated rings. The van der Waals surface area contributed by atoms with Gasteiger partial charge in [0.2, 0.25) is 0 Å². The molecule has 0 aliphatic carbocycles. The third kappa shape index (κ3) is 6.24. The molecular weight excluding hydrogens is 322 g/mol. The van der Waals surface area contributed by atoms with Crippen LogP contribution in [0.3, 0.4) is 0 Å². The van der Waals surface area contributed by atoms with Crippen LogP contribution < -0.4 is 5.73 Å². The summed E-state index contributed by atoms with van der Waals surface area (Å²) in [7, 11) is -0.395. The lowest BCUT2D eigenvalue weighted by molar-refractivity contribution is 0.206. The molecule has 3 nitrogen and oxygen atoms in total. The topological polar surface area (TPSA) is 46.3 Å². The zero-order chi connectivity index (χ0) is 17.2. The minimum Gasteiger partial charge on any atom is -0.351 e. The van der Waals surface area contributed by atoms with E-state index in [1.807, 2.05) is 29.2 Å². The van der Waals surface area contributed by atoms with Gasteiger partial charge in [-0.05, 0) is 42.9 Å². The molecule has 0 aromatic carbocycles. The number of carbonyl (C=O) groups excluding carboxylic acids is 1. The fraction of sp³-hybridized carbons (Fsp3) is 0.500. The summed E-state index contributed by atoms with van der Waals surface area (Å²) < 4.78 is 0. The van der Waals surface area contributed by atoms with Crippen LogP contribution in [0.2, 0.25) is 0 Å². The Kier molecular flexibility index (Phi) is 9.44. The minimum atomic E-state index is -0.281. The Labute approximate surface area is 143 Å². The molecule has 1 rings (SSSR count). The number of nitrogens with two attached hydrogens (primary N) is 1. The molecule has 128 valence electrons. The molecule has 1 heterocycles. The van der Waals surface area contributed by atoms with Crippen molar-refractivity contribution in [2.45, 2.75) is 18.1 Å². The van der Waals surface area contributed by atoms with Gasteiger partial charge in [-0.3, -0.25) is 0 Å². The van der Waals surface area contributed by atoms with E-state index in [1.54, 1.807) is 0 Å². The maximum Gasteiger partial charge on any atom is 0.315 e. The first-order chi connectivity index (χ1) is 11.1. The molecule has 2 unspecified atom stereocenters. The van der Waals surface area contributed by atoms with Crippen LogP contribution in [0.4, 0.5) is 4.79 Å². The van der Waals surface area contributed by atoms with Gasteiger partial charge in [-0.2, -0.15) is 0 Å². The quantitative estimate of drug-likeness (QED) is 0.439. The Morgan fingerprint density at radius 1 is 1.04 bits per heavy atom. The summed E-state index contributed by atoms with van der Waals surface area (Å²) >= 11 is 0. The smallest absolute Gasteiger partial charge is 0.315 e. The van der Waals surface area contributed by atoms with E-state index in [0.717, 1.165) is 43.8 Å². The average Bonchev–Trinajstić information content (AvgIpc) is 2.91. The van der Waals surface area contributed by atoms with E-state index >= 15 is 0 Å². The molecule has 0 bridgehead atoms. The van der Waals surface area contributed by atoms with E-state index in [-0.39, 0.29) is 27.9 Å². The predicted molar refractivity (Wildman–Crippen MR) is 107 cm³/mol. The molecule has 1 aliphatic heterocycles. The maximum atomic E-state index is 11.9. The Hall–Kier alpha value is -0.910. The maximum absolute atomic E-state index is 11.9. The van der Waals surface area contributed by atoms with Crippen molar-refractivity contribution >= 4 is 21.9 Å². The zero-order valence-electron chi connectivity index (χ0n) is 14.1. The Balaban J connectivity index is 2.81. The van der Waals surface area contributed by atoms with Crippen molar-refractivity contribution in [1.29, 1.82) is 0 Å². The van der Waals surface area contributed by atoms with Crippen LogP contribution in [0.1, 0.15) is 6.42 Å². The summed E-state index contributed by atoms with van der Waals surface area (Å²) in [6.07, 6.45) is 14.2. The summed E-state index contributed by atoms with van der Waals surface area (Å²) in [5.41, 5.74) is 6.19. The van der Waals surface area contributed by atoms with Crippen molar-refractivity contribution in [2.75, 3.05) is 37.4 Å². The summed E-state index contributed by atoms with van der Waals surface area (Å²) in [5.74, 6) is 0. The molecule has 2 amide bonds. The molecule has 1 aliphatic rings. The Morgan fingerprint density at radius 2 is 1.57 bits per heavy atom. The molecule has 23 heavy (non-hydrogen) atoms. The number of hydrogen-bond donors (Lipinski definition) is 1. The molecule has 0 saturated carbocycles. The van der Waals surface area contributed by atoms with Crippen LogP contribution in [-0.4, -0.2) is 60.0 Å². The summed E-state index contributed by atoms with van der Waals surface area (Å²) in [6.45, 7) is 16.3. The van der Waals surface area contributed by atoms with E-state index in [4.69, 9.17) is 5.73 Å². The predicted octanol–water partition coefficient (Wildman–Crippen LogP) is 4.22. The molecule has 0 aromatic heterocycles. The standard InChI is InChI=1S/C18H30N2OP2/c1-5-9-22(10-6-2)15-16-13-17(14-20(16)18(19)21)23(11-7-3)12-8-4/h5-8,16-17H,1-4,9-15H2,(H2,19,21). The van der Waals surface area contributed by atoms with Crippen LogP contribution >= 0.6 is 15.8 Å². The second kappa shape index (κ2) is 10.8. The van der Waals surface area contributed by atoms with Crippen molar-refractivity contribution in [3.63, 3.8) is 0 Å². The van der Waals surface area contributed by atoms with Crippen molar-refractivity contribution < 1.29 is 4.79 Å². The van der Waals surface area contributed by atoms with Crippen LogP contribution in [0, 0.1) is 0 Å². The molecule has 2 N–H and O–H groups in total. The van der Waals surface area contributed by atoms with Crippen LogP contribution in [-0.2, 0) is 0 Å². The van der Waals surface area contributed by atoms with Crippen molar-refractivity contribution in [3.8, 4) is 0 Å². The lowest BCUT2D eigenvalue weighted by atomic mass is 10.2. The van der Waals surface area contributed by atoms with Gasteiger partial charge in [0.15, 0.2) is 0 Å². The highest BCUT2D eigenvalue weighted by Crippen LogP contribution is 2.49. The number of allylic oxidation sites excluding steroid dienone is 4. The van der Waals surface area contributed by atoms with Gasteiger partial charge in [-0.25, -0.2) is 4.79 Å². The van der Waals surface area contributed by atoms with Crippen LogP contribution in [0.15, 0.2) is 50.6 Å². The van der Waals surface area contributed by atoms with Gasteiger partial charge >= 0.3 is 6.03 Å². The number of carbonyl (C=O) groups is 1. The van der Waals surface area contributed by atoms with Gasteiger partial charge in [-0.1, -0.05) is 40.1 Å². The third-order valence-electron chi connectivity index (χ3n) is 4.16. The van der Waals surface area contributed by atoms with Gasteiger partial charge in [0.25, 0.3) is 0 Å². The molecule has 1 saturated heterocycles. The number of urea groups is 1. The lowest BCUT2D eigenvalue weighted by Crippen LogP contribution is -2.41. The number of primary amides is 1. The number of amides is 2. The van der Waals surface area contributed by atoms with E-state index in [2.05, 4.69) is 26.3 Å². The summed E-state index contributed by atoms with van der Waals surface area (Å²) in [5, 5.41) is 0. The molecule has 0 spiro atoms. The largest absolute Gasteiger partial charge is 0.351 e. The first-order valence-electron chi connectivity index (χ1n) is 8.03. The lowest BCUT2D eigenvalue weighted by Gasteiger charge is -2.26. The van der Waals surface area contributed by atoms with E-state index in [9.17, 15) is 4.79 Å². The second-order valence-electron chi connectivity index (χ2n) is 5.86. The van der Waals surface area contributed by atoms with Gasteiger partial charge in [-0.15, -0.1) is 26.3 Å². The zero-order valence-corrected chi connectivity index (χ0v) is 15.9. The third-order valence-corrected chi connectivity index (χ3v) is 9.51. The normalized spacial score (nSPS) is 20.7. The van der Waals surface area contributed by atoms with Crippen molar-refractivity contribution in [2.24, 2.45) is 5.73 Å². The Morgan fingerprint density at radius 3 is 2.00 bits per heavy atom. The van der Waals surface area contributed by atoms with Gasteiger partial charge < -0.3 is 10.6 Å². The van der Waals surface area contributed by atoms with Crippen LogP contribution in [0.5, 0.6) is 0 Å². The van der Waals surface area contributed by atoms with E-state index < -0.39 is 0 Å². The van der Waals surface area contributed by atoms with Crippen molar-refractivity contribution in [3.05, 3.63) is 50.6 Å². The minimum absolute atomic E-state index is 0.196. The molecule has 2 atom stereocenters. The average molecular weight is 352 g/mol. The Bertz CT molecular complexity index is 419. The van der Waals surface area contributed by atoms with Gasteiger partial charge in [0, 0.05) is 12.6 Å². The molecule has 5 heteroatoms. The molecule has 0 radical (unpaired) electrons. The van der Waals surface area contributed by atoms with Crippen molar-refractivity contribution in [1.82, 2.24) is 4.90 Å². The van der Waals surface area contributed by atoms with Crippen LogP contribution in [0.25, 0.3) is 0 Å². The van der Waals surface area contributed by atoms with E-state index in [1.165, 1.54) is 0 Å². The molecular formula is C18H30N2OP2. The first kappa shape index (κ1) is 20.1. The number of nitrogens with zero attached hydrogens (tertiary/aromatic N) is 1. The fourth-order valence-electron chi connectivity index (χ4n) is 3.19. The first-order valence-corrected chi connectivity index (χ1v) is 11.7. The monoisotopic (exact) mass is 352 g/mol. The molecule has 0 aromatic rings. The highest BCUT2D eigenvalue weighted by Gasteiger charge is 2.37. The number of rotatable bonds is 11. The highest BCUT2D eigenvalue weighted by molar-refractivity contribution is 7.59. The summed E-state index contributed by atoms with van der Waals surface area (Å²) in [6, 6.07) is -0.0139. The summed E-state index contributed by atoms with van der Waals surface area (Å²) in [4.78, 5) is 13.8. The fourth-order valence-corrected chi connectivity index (χ4v) is 7.67. The van der Waals surface area contributed by atoms with Gasteiger partial charge in [0.05, 0.1) is 0 Å². The van der Waals surface area contributed by atoms with E-state index in [0.29, 0.717) is 5.66 Å². The second-order valence-corrected chi connectivity index (χ2v) is 10.9.